The largest absolute Gasteiger partial charge is 0.325 e. The molecule has 0 saturated heterocycles. The third kappa shape index (κ3) is 4.09. The maximum absolute atomic E-state index is 5.89. The molecule has 78 valence electrons. The zero-order valence-electron chi connectivity index (χ0n) is 8.18. The Balaban J connectivity index is 2.65. The van der Waals surface area contributed by atoms with Crippen LogP contribution in [0.25, 0.3) is 0 Å². The minimum Gasteiger partial charge on any atom is -0.325 e. The van der Waals surface area contributed by atoms with E-state index in [9.17, 15) is 0 Å². The number of hydrogen-bond donors (Lipinski definition) is 1. The Hall–Kier alpha value is 0.110. The van der Waals surface area contributed by atoms with Gasteiger partial charge in [-0.05, 0) is 32.0 Å². The predicted molar refractivity (Wildman–Crippen MR) is 65.5 cm³/mol. The molecule has 1 aromatic carbocycles. The Morgan fingerprint density at radius 1 is 1.29 bits per heavy atom. The van der Waals surface area contributed by atoms with E-state index in [1.54, 1.807) is 17.8 Å². The van der Waals surface area contributed by atoms with Crippen molar-refractivity contribution >= 4 is 35.0 Å². The molecular weight excluding hydrogens is 237 g/mol. The van der Waals surface area contributed by atoms with E-state index in [1.165, 1.54) is 0 Å². The molecule has 0 fully saturated rings. The van der Waals surface area contributed by atoms with E-state index in [0.717, 1.165) is 10.6 Å². The molecule has 0 aliphatic heterocycles. The second kappa shape index (κ2) is 4.75. The second-order valence-corrected chi connectivity index (χ2v) is 5.72. The molecule has 0 atom stereocenters. The second-order valence-electron chi connectivity index (χ2n) is 3.85. The Morgan fingerprint density at radius 3 is 2.43 bits per heavy atom. The van der Waals surface area contributed by atoms with Gasteiger partial charge in [0, 0.05) is 16.2 Å². The molecule has 2 N–H and O–H groups in total. The first kappa shape index (κ1) is 12.2. The minimum absolute atomic E-state index is 0.170. The molecule has 0 aromatic heterocycles. The summed E-state index contributed by atoms with van der Waals surface area (Å²) < 4.78 is 0. The highest BCUT2D eigenvalue weighted by Gasteiger charge is 2.11. The summed E-state index contributed by atoms with van der Waals surface area (Å²) in [6, 6.07) is 5.61. The lowest BCUT2D eigenvalue weighted by molar-refractivity contribution is 0.591. The van der Waals surface area contributed by atoms with Gasteiger partial charge in [-0.2, -0.15) is 0 Å². The van der Waals surface area contributed by atoms with Crippen LogP contribution >= 0.6 is 35.0 Å². The molecule has 14 heavy (non-hydrogen) atoms. The molecule has 4 heteroatoms. The van der Waals surface area contributed by atoms with Gasteiger partial charge in [0.25, 0.3) is 0 Å². The molecule has 0 heterocycles. The number of rotatable bonds is 3. The summed E-state index contributed by atoms with van der Waals surface area (Å²) in [7, 11) is 0. The van der Waals surface area contributed by atoms with Crippen LogP contribution in [0, 0.1) is 0 Å². The Bertz CT molecular complexity index is 320. The van der Waals surface area contributed by atoms with Gasteiger partial charge in [-0.3, -0.25) is 0 Å². The van der Waals surface area contributed by atoms with Crippen LogP contribution in [-0.2, 0) is 0 Å². The molecule has 1 aromatic rings. The Labute approximate surface area is 99.0 Å². The van der Waals surface area contributed by atoms with Gasteiger partial charge in [0.1, 0.15) is 0 Å². The van der Waals surface area contributed by atoms with Crippen molar-refractivity contribution in [3.05, 3.63) is 28.2 Å². The van der Waals surface area contributed by atoms with Gasteiger partial charge in [0.15, 0.2) is 0 Å². The van der Waals surface area contributed by atoms with Crippen LogP contribution in [0.4, 0.5) is 0 Å². The topological polar surface area (TPSA) is 26.0 Å². The maximum Gasteiger partial charge on any atom is 0.0603 e. The summed E-state index contributed by atoms with van der Waals surface area (Å²) in [6.07, 6.45) is 0. The van der Waals surface area contributed by atoms with E-state index in [1.807, 2.05) is 26.0 Å². The van der Waals surface area contributed by atoms with E-state index in [4.69, 9.17) is 28.9 Å². The minimum atomic E-state index is -0.170. The zero-order chi connectivity index (χ0) is 10.8. The van der Waals surface area contributed by atoms with Crippen molar-refractivity contribution in [1.29, 1.82) is 0 Å². The normalized spacial score (nSPS) is 11.8. The van der Waals surface area contributed by atoms with Crippen LogP contribution in [0.3, 0.4) is 0 Å². The molecule has 0 amide bonds. The predicted octanol–water partition coefficient (Wildman–Crippen LogP) is 3.82. The van der Waals surface area contributed by atoms with Gasteiger partial charge < -0.3 is 5.73 Å². The van der Waals surface area contributed by atoms with Crippen molar-refractivity contribution in [1.82, 2.24) is 0 Å². The molecule has 0 unspecified atom stereocenters. The van der Waals surface area contributed by atoms with Gasteiger partial charge in [-0.15, -0.1) is 11.8 Å². The van der Waals surface area contributed by atoms with E-state index in [2.05, 4.69) is 0 Å². The summed E-state index contributed by atoms with van der Waals surface area (Å²) in [5.41, 5.74) is 5.70. The molecule has 1 nitrogen and oxygen atoms in total. The lowest BCUT2D eigenvalue weighted by Gasteiger charge is -2.17. The third-order valence-electron chi connectivity index (χ3n) is 1.50. The first-order chi connectivity index (χ1) is 6.38. The monoisotopic (exact) mass is 249 g/mol. The average Bonchev–Trinajstić information content (AvgIpc) is 2.06. The van der Waals surface area contributed by atoms with Gasteiger partial charge in [-0.1, -0.05) is 23.2 Å². The average molecular weight is 250 g/mol. The van der Waals surface area contributed by atoms with Crippen LogP contribution in [0.5, 0.6) is 0 Å². The first-order valence-electron chi connectivity index (χ1n) is 4.25. The van der Waals surface area contributed by atoms with E-state index in [-0.39, 0.29) is 5.54 Å². The number of benzene rings is 1. The van der Waals surface area contributed by atoms with Crippen molar-refractivity contribution in [2.45, 2.75) is 24.3 Å². The van der Waals surface area contributed by atoms with E-state index in [0.29, 0.717) is 10.0 Å². The Kier molecular flexibility index (Phi) is 4.14. The summed E-state index contributed by atoms with van der Waals surface area (Å²) >= 11 is 13.4. The fraction of sp³-hybridized carbons (Fsp3) is 0.400. The van der Waals surface area contributed by atoms with Gasteiger partial charge in [-0.25, -0.2) is 0 Å². The molecular formula is C10H13Cl2NS. The maximum atomic E-state index is 5.89. The highest BCUT2D eigenvalue weighted by molar-refractivity contribution is 7.99. The number of thioether (sulfide) groups is 1. The van der Waals surface area contributed by atoms with Crippen molar-refractivity contribution in [3.63, 3.8) is 0 Å². The lowest BCUT2D eigenvalue weighted by atomic mass is 10.1. The van der Waals surface area contributed by atoms with Crippen molar-refractivity contribution in [2.75, 3.05) is 5.75 Å². The van der Waals surface area contributed by atoms with Crippen LogP contribution < -0.4 is 5.73 Å². The smallest absolute Gasteiger partial charge is 0.0603 e. The molecule has 0 spiro atoms. The SMILES string of the molecule is CC(C)(N)CSc1ccc(Cl)c(Cl)c1. The van der Waals surface area contributed by atoms with Gasteiger partial charge in [0.05, 0.1) is 10.0 Å². The van der Waals surface area contributed by atoms with E-state index < -0.39 is 0 Å². The van der Waals surface area contributed by atoms with Crippen molar-refractivity contribution in [3.8, 4) is 0 Å². The quantitative estimate of drug-likeness (QED) is 0.825. The number of nitrogens with two attached hydrogens (primary N) is 1. The molecule has 0 saturated carbocycles. The summed E-state index contributed by atoms with van der Waals surface area (Å²) in [5, 5.41) is 1.18. The van der Waals surface area contributed by atoms with Crippen molar-refractivity contribution in [2.24, 2.45) is 5.73 Å². The van der Waals surface area contributed by atoms with Crippen LogP contribution in [0.15, 0.2) is 23.1 Å². The van der Waals surface area contributed by atoms with Gasteiger partial charge >= 0.3 is 0 Å². The van der Waals surface area contributed by atoms with Crippen LogP contribution in [0.2, 0.25) is 10.0 Å². The summed E-state index contributed by atoms with van der Waals surface area (Å²) in [4.78, 5) is 1.10. The Morgan fingerprint density at radius 2 is 1.93 bits per heavy atom. The van der Waals surface area contributed by atoms with Crippen LogP contribution in [-0.4, -0.2) is 11.3 Å². The molecule has 0 aliphatic carbocycles. The highest BCUT2D eigenvalue weighted by Crippen LogP contribution is 2.29. The van der Waals surface area contributed by atoms with Gasteiger partial charge in [0.2, 0.25) is 0 Å². The highest BCUT2D eigenvalue weighted by atomic mass is 35.5. The van der Waals surface area contributed by atoms with Crippen molar-refractivity contribution < 1.29 is 0 Å². The fourth-order valence-electron chi connectivity index (χ4n) is 0.836. The third-order valence-corrected chi connectivity index (χ3v) is 3.72. The summed E-state index contributed by atoms with van der Waals surface area (Å²) in [6.45, 7) is 4.00. The zero-order valence-corrected chi connectivity index (χ0v) is 10.5. The lowest BCUT2D eigenvalue weighted by Crippen LogP contribution is -2.34. The standard InChI is InChI=1S/C10H13Cl2NS/c1-10(2,13)6-14-7-3-4-8(11)9(12)5-7/h3-5H,6,13H2,1-2H3. The van der Waals surface area contributed by atoms with Crippen LogP contribution in [0.1, 0.15) is 13.8 Å². The summed E-state index contributed by atoms with van der Waals surface area (Å²) in [5.74, 6) is 0.852. The molecule has 1 rings (SSSR count). The number of halogens is 2. The van der Waals surface area contributed by atoms with E-state index >= 15 is 0 Å². The first-order valence-corrected chi connectivity index (χ1v) is 5.99. The molecule has 0 bridgehead atoms. The number of hydrogen-bond acceptors (Lipinski definition) is 2. The molecule has 0 radical (unpaired) electrons. The fourth-order valence-corrected chi connectivity index (χ4v) is 2.10. The molecule has 0 aliphatic rings.